The minimum absolute atomic E-state index is 0.883. The average molecular weight is 324 g/mol. The number of hydrogen-bond donors (Lipinski definition) is 2. The van der Waals surface area contributed by atoms with Gasteiger partial charge in [0, 0.05) is 17.3 Å². The Balaban J connectivity index is 2.11. The second kappa shape index (κ2) is 7.01. The van der Waals surface area contributed by atoms with Crippen molar-refractivity contribution in [3.05, 3.63) is 47.8 Å². The van der Waals surface area contributed by atoms with E-state index in [0.29, 0.717) is 0 Å². The molecule has 0 fully saturated rings. The number of nitrogens with zero attached hydrogens (tertiary/aromatic N) is 3. The first kappa shape index (κ1) is 16.5. The van der Waals surface area contributed by atoms with Gasteiger partial charge in [-0.3, -0.25) is 0 Å². The largest absolute Gasteiger partial charge is 0.364 e. The molecule has 2 N–H and O–H groups in total. The lowest BCUT2D eigenvalue weighted by atomic mass is 10.0. The van der Waals surface area contributed by atoms with Crippen LogP contribution in [0.2, 0.25) is 0 Å². The molecule has 5 nitrogen and oxygen atoms in total. The number of nitrogens with one attached hydrogen (secondary N) is 2. The molecule has 0 aliphatic heterocycles. The lowest BCUT2D eigenvalue weighted by Crippen LogP contribution is -3.06. The Labute approximate surface area is 143 Å². The van der Waals surface area contributed by atoms with Crippen LogP contribution >= 0.6 is 0 Å². The van der Waals surface area contributed by atoms with Crippen molar-refractivity contribution >= 4 is 11.5 Å². The third-order valence-electron chi connectivity index (χ3n) is 4.12. The molecule has 3 aromatic rings. The van der Waals surface area contributed by atoms with Crippen molar-refractivity contribution in [3.8, 4) is 11.1 Å². The van der Waals surface area contributed by atoms with Gasteiger partial charge in [-0.25, -0.2) is 4.98 Å². The molecule has 1 aromatic carbocycles. The fourth-order valence-electron chi connectivity index (χ4n) is 2.90. The van der Waals surface area contributed by atoms with Crippen LogP contribution in [0.15, 0.2) is 36.4 Å². The van der Waals surface area contributed by atoms with Gasteiger partial charge in [0.05, 0.1) is 32.9 Å². The molecule has 0 saturated heterocycles. The van der Waals surface area contributed by atoms with Crippen molar-refractivity contribution in [3.63, 3.8) is 0 Å². The molecule has 24 heavy (non-hydrogen) atoms. The van der Waals surface area contributed by atoms with E-state index in [9.17, 15) is 0 Å². The quantitative estimate of drug-likeness (QED) is 0.727. The molecule has 0 unspecified atom stereocenters. The van der Waals surface area contributed by atoms with Crippen LogP contribution in [-0.4, -0.2) is 41.8 Å². The smallest absolute Gasteiger partial charge is 0.165 e. The van der Waals surface area contributed by atoms with Crippen molar-refractivity contribution in [2.24, 2.45) is 0 Å². The molecule has 126 valence electrons. The highest BCUT2D eigenvalue weighted by Crippen LogP contribution is 2.29. The normalized spacial score (nSPS) is 11.4. The minimum Gasteiger partial charge on any atom is -0.364 e. The maximum Gasteiger partial charge on any atom is 0.165 e. The second-order valence-electron chi connectivity index (χ2n) is 6.44. The van der Waals surface area contributed by atoms with E-state index in [1.54, 1.807) is 0 Å². The van der Waals surface area contributed by atoms with Crippen LogP contribution in [0.4, 0.5) is 5.82 Å². The first-order valence-electron chi connectivity index (χ1n) is 8.57. The van der Waals surface area contributed by atoms with E-state index in [1.165, 1.54) is 10.5 Å². The predicted molar refractivity (Wildman–Crippen MR) is 98.7 cm³/mol. The number of aryl methyl sites for hydroxylation is 2. The Hall–Kier alpha value is -2.40. The summed E-state index contributed by atoms with van der Waals surface area (Å²) in [5.74, 6) is 1.01. The van der Waals surface area contributed by atoms with E-state index in [1.807, 2.05) is 17.5 Å². The van der Waals surface area contributed by atoms with E-state index in [-0.39, 0.29) is 0 Å². The van der Waals surface area contributed by atoms with Gasteiger partial charge in [0.25, 0.3) is 0 Å². The molecule has 0 spiro atoms. The summed E-state index contributed by atoms with van der Waals surface area (Å²) in [4.78, 5) is 6.20. The SMILES string of the molecule is CCc1nn2c(NCC[NH+](C)C)cc(C)nc2c1-c1ccccc1. The highest BCUT2D eigenvalue weighted by atomic mass is 15.3. The van der Waals surface area contributed by atoms with E-state index in [0.717, 1.165) is 47.9 Å². The van der Waals surface area contributed by atoms with Gasteiger partial charge in [-0.05, 0) is 18.9 Å². The molecular formula is C19H26N5+. The fraction of sp³-hybridized carbons (Fsp3) is 0.368. The van der Waals surface area contributed by atoms with Crippen molar-refractivity contribution in [1.82, 2.24) is 14.6 Å². The summed E-state index contributed by atoms with van der Waals surface area (Å²) < 4.78 is 1.96. The number of anilines is 1. The molecule has 0 radical (unpaired) electrons. The zero-order valence-electron chi connectivity index (χ0n) is 14.9. The van der Waals surface area contributed by atoms with Crippen LogP contribution in [0.25, 0.3) is 16.8 Å². The highest BCUT2D eigenvalue weighted by Gasteiger charge is 2.17. The van der Waals surface area contributed by atoms with Gasteiger partial charge in [-0.1, -0.05) is 37.3 Å². The second-order valence-corrected chi connectivity index (χ2v) is 6.44. The first-order valence-corrected chi connectivity index (χ1v) is 8.57. The fourth-order valence-corrected chi connectivity index (χ4v) is 2.90. The Morgan fingerprint density at radius 2 is 1.92 bits per heavy atom. The molecule has 0 aliphatic rings. The maximum absolute atomic E-state index is 4.83. The third kappa shape index (κ3) is 3.26. The van der Waals surface area contributed by atoms with E-state index in [4.69, 9.17) is 10.1 Å². The molecule has 0 saturated carbocycles. The Morgan fingerprint density at radius 3 is 2.58 bits per heavy atom. The van der Waals surface area contributed by atoms with Crippen LogP contribution in [0.3, 0.4) is 0 Å². The average Bonchev–Trinajstić information content (AvgIpc) is 2.93. The Kier molecular flexibility index (Phi) is 4.81. The van der Waals surface area contributed by atoms with Crippen molar-refractivity contribution < 1.29 is 4.90 Å². The lowest BCUT2D eigenvalue weighted by Gasteiger charge is -2.11. The number of rotatable bonds is 6. The van der Waals surface area contributed by atoms with Gasteiger partial charge in [-0.2, -0.15) is 9.61 Å². The van der Waals surface area contributed by atoms with E-state index < -0.39 is 0 Å². The predicted octanol–water partition coefficient (Wildman–Crippen LogP) is 1.82. The summed E-state index contributed by atoms with van der Waals surface area (Å²) in [6.45, 7) is 6.14. The number of likely N-dealkylation sites (N-methyl/N-ethyl adjacent to an activating group) is 1. The lowest BCUT2D eigenvalue weighted by molar-refractivity contribution is -0.856. The van der Waals surface area contributed by atoms with Crippen molar-refractivity contribution in [2.75, 3.05) is 32.5 Å². The molecule has 0 bridgehead atoms. The van der Waals surface area contributed by atoms with Gasteiger partial charge in [0.2, 0.25) is 0 Å². The van der Waals surface area contributed by atoms with Crippen LogP contribution in [0, 0.1) is 6.92 Å². The number of hydrogen-bond acceptors (Lipinski definition) is 3. The number of quaternary nitrogens is 1. The first-order chi connectivity index (χ1) is 11.6. The Morgan fingerprint density at radius 1 is 1.17 bits per heavy atom. The van der Waals surface area contributed by atoms with Crippen molar-refractivity contribution in [1.29, 1.82) is 0 Å². The number of fused-ring (bicyclic) bond motifs is 1. The number of aromatic nitrogens is 3. The molecular weight excluding hydrogens is 298 g/mol. The summed E-state index contributed by atoms with van der Waals surface area (Å²) in [6.07, 6.45) is 0.883. The van der Waals surface area contributed by atoms with Crippen molar-refractivity contribution in [2.45, 2.75) is 20.3 Å². The molecule has 0 aliphatic carbocycles. The summed E-state index contributed by atoms with van der Waals surface area (Å²) >= 11 is 0. The third-order valence-corrected chi connectivity index (χ3v) is 4.12. The van der Waals surface area contributed by atoms with E-state index in [2.05, 4.69) is 56.7 Å². The summed E-state index contributed by atoms with van der Waals surface area (Å²) in [5, 5.41) is 8.35. The van der Waals surface area contributed by atoms with Crippen LogP contribution < -0.4 is 10.2 Å². The molecule has 0 atom stereocenters. The molecule has 5 heteroatoms. The highest BCUT2D eigenvalue weighted by molar-refractivity contribution is 5.81. The van der Waals surface area contributed by atoms with E-state index >= 15 is 0 Å². The van der Waals surface area contributed by atoms with Crippen LogP contribution in [0.1, 0.15) is 18.3 Å². The molecule has 0 amide bonds. The van der Waals surface area contributed by atoms with Crippen LogP contribution in [-0.2, 0) is 6.42 Å². The van der Waals surface area contributed by atoms with Crippen LogP contribution in [0.5, 0.6) is 0 Å². The van der Waals surface area contributed by atoms with Gasteiger partial charge in [0.1, 0.15) is 5.82 Å². The Bertz CT molecular complexity index is 821. The zero-order chi connectivity index (χ0) is 17.1. The van der Waals surface area contributed by atoms with Gasteiger partial charge >= 0.3 is 0 Å². The molecule has 2 aromatic heterocycles. The van der Waals surface area contributed by atoms with Gasteiger partial charge in [-0.15, -0.1) is 0 Å². The van der Waals surface area contributed by atoms with Gasteiger partial charge in [0.15, 0.2) is 5.65 Å². The minimum atomic E-state index is 0.883. The standard InChI is InChI=1S/C19H25N5/c1-5-16-18(15-9-7-6-8-10-15)19-21-14(2)13-17(24(19)22-16)20-11-12-23(3)4/h6-10,13,20H,5,11-12H2,1-4H3/p+1. The topological polar surface area (TPSA) is 46.7 Å². The number of benzene rings is 1. The maximum atomic E-state index is 4.83. The molecule has 2 heterocycles. The summed E-state index contributed by atoms with van der Waals surface area (Å²) in [5.41, 5.74) is 5.33. The summed E-state index contributed by atoms with van der Waals surface area (Å²) in [6, 6.07) is 12.5. The van der Waals surface area contributed by atoms with Gasteiger partial charge < -0.3 is 10.2 Å². The molecule has 3 rings (SSSR count). The monoisotopic (exact) mass is 324 g/mol. The summed E-state index contributed by atoms with van der Waals surface area (Å²) in [7, 11) is 4.32. The zero-order valence-corrected chi connectivity index (χ0v) is 14.9.